The number of rotatable bonds is 2. The third-order valence-electron chi connectivity index (χ3n) is 3.05. The first kappa shape index (κ1) is 12.8. The van der Waals surface area contributed by atoms with Gasteiger partial charge in [-0.25, -0.2) is 22.4 Å². The van der Waals surface area contributed by atoms with E-state index in [0.29, 0.717) is 11.2 Å². The SMILES string of the molecule is Cc1ccc(S(=O)(=O)n2ccc3nc(C)cnc32)cc1. The van der Waals surface area contributed by atoms with Crippen molar-refractivity contribution in [3.63, 3.8) is 0 Å². The van der Waals surface area contributed by atoms with Gasteiger partial charge in [-0.3, -0.25) is 0 Å². The van der Waals surface area contributed by atoms with Gasteiger partial charge in [0.25, 0.3) is 10.0 Å². The molecule has 6 heteroatoms. The smallest absolute Gasteiger partial charge is 0.248 e. The highest BCUT2D eigenvalue weighted by Gasteiger charge is 2.19. The van der Waals surface area contributed by atoms with Crippen LogP contribution in [-0.4, -0.2) is 22.4 Å². The largest absolute Gasteiger partial charge is 0.269 e. The number of hydrogen-bond acceptors (Lipinski definition) is 4. The van der Waals surface area contributed by atoms with Crippen molar-refractivity contribution in [1.29, 1.82) is 0 Å². The van der Waals surface area contributed by atoms with Gasteiger partial charge in [-0.1, -0.05) is 17.7 Å². The summed E-state index contributed by atoms with van der Waals surface area (Å²) in [6, 6.07) is 8.39. The third-order valence-corrected chi connectivity index (χ3v) is 4.73. The van der Waals surface area contributed by atoms with E-state index in [9.17, 15) is 8.42 Å². The number of fused-ring (bicyclic) bond motifs is 1. The van der Waals surface area contributed by atoms with Crippen molar-refractivity contribution < 1.29 is 8.42 Å². The Morgan fingerprint density at radius 2 is 1.75 bits per heavy atom. The fourth-order valence-corrected chi connectivity index (χ4v) is 3.29. The molecule has 0 spiro atoms. The second kappa shape index (κ2) is 4.42. The fourth-order valence-electron chi connectivity index (χ4n) is 2.00. The summed E-state index contributed by atoms with van der Waals surface area (Å²) in [6.45, 7) is 3.73. The lowest BCUT2D eigenvalue weighted by Crippen LogP contribution is -2.12. The van der Waals surface area contributed by atoms with Gasteiger partial charge in [0.05, 0.1) is 16.8 Å². The van der Waals surface area contributed by atoms with Crippen molar-refractivity contribution in [2.45, 2.75) is 18.7 Å². The van der Waals surface area contributed by atoms with E-state index in [2.05, 4.69) is 9.97 Å². The lowest BCUT2D eigenvalue weighted by atomic mass is 10.2. The summed E-state index contributed by atoms with van der Waals surface area (Å²) in [4.78, 5) is 8.68. The van der Waals surface area contributed by atoms with Gasteiger partial charge in [0.2, 0.25) is 0 Å². The molecule has 3 aromatic rings. The van der Waals surface area contributed by atoms with Gasteiger partial charge in [-0.05, 0) is 32.0 Å². The van der Waals surface area contributed by atoms with Crippen LogP contribution in [0.4, 0.5) is 0 Å². The molecule has 0 radical (unpaired) electrons. The monoisotopic (exact) mass is 287 g/mol. The van der Waals surface area contributed by atoms with Crippen molar-refractivity contribution in [3.8, 4) is 0 Å². The van der Waals surface area contributed by atoms with Crippen molar-refractivity contribution in [1.82, 2.24) is 13.9 Å². The zero-order chi connectivity index (χ0) is 14.3. The maximum atomic E-state index is 12.6. The Balaban J connectivity index is 2.21. The van der Waals surface area contributed by atoms with E-state index in [1.54, 1.807) is 36.5 Å². The summed E-state index contributed by atoms with van der Waals surface area (Å²) in [5.41, 5.74) is 2.68. The van der Waals surface area contributed by atoms with Crippen LogP contribution in [0.25, 0.3) is 11.2 Å². The molecule has 102 valence electrons. The van der Waals surface area contributed by atoms with Crippen LogP contribution in [0.1, 0.15) is 11.3 Å². The molecule has 0 N–H and O–H groups in total. The maximum absolute atomic E-state index is 12.6. The topological polar surface area (TPSA) is 64.8 Å². The van der Waals surface area contributed by atoms with E-state index in [-0.39, 0.29) is 4.90 Å². The number of hydrogen-bond donors (Lipinski definition) is 0. The molecule has 0 saturated carbocycles. The highest BCUT2D eigenvalue weighted by atomic mass is 32.2. The minimum absolute atomic E-state index is 0.239. The highest BCUT2D eigenvalue weighted by Crippen LogP contribution is 2.20. The summed E-state index contributed by atoms with van der Waals surface area (Å²) < 4.78 is 26.4. The van der Waals surface area contributed by atoms with Crippen LogP contribution in [-0.2, 0) is 10.0 Å². The molecule has 2 aromatic heterocycles. The molecular weight excluding hydrogens is 274 g/mol. The molecule has 5 nitrogen and oxygen atoms in total. The van der Waals surface area contributed by atoms with Crippen molar-refractivity contribution in [2.75, 3.05) is 0 Å². The van der Waals surface area contributed by atoms with E-state index in [1.165, 1.54) is 10.2 Å². The molecular formula is C14H13N3O2S. The summed E-state index contributed by atoms with van der Waals surface area (Å²) in [6.07, 6.45) is 3.04. The molecule has 0 bridgehead atoms. The van der Waals surface area contributed by atoms with Crippen LogP contribution >= 0.6 is 0 Å². The maximum Gasteiger partial charge on any atom is 0.269 e. The second-order valence-corrected chi connectivity index (χ2v) is 6.46. The number of benzene rings is 1. The summed E-state index contributed by atoms with van der Waals surface area (Å²) in [5, 5.41) is 0. The molecule has 0 saturated heterocycles. The van der Waals surface area contributed by atoms with Crippen LogP contribution in [0, 0.1) is 13.8 Å². The Bertz CT molecular complexity index is 880. The van der Waals surface area contributed by atoms with Crippen LogP contribution in [0.5, 0.6) is 0 Å². The molecule has 2 heterocycles. The van der Waals surface area contributed by atoms with Crippen molar-refractivity contribution in [3.05, 3.63) is 54.0 Å². The number of nitrogens with zero attached hydrogens (tertiary/aromatic N) is 3. The zero-order valence-corrected chi connectivity index (χ0v) is 11.9. The third kappa shape index (κ3) is 1.98. The molecule has 3 rings (SSSR count). The normalized spacial score (nSPS) is 11.9. The molecule has 20 heavy (non-hydrogen) atoms. The number of aromatic nitrogens is 3. The van der Waals surface area contributed by atoms with Crippen LogP contribution < -0.4 is 0 Å². The first-order valence-electron chi connectivity index (χ1n) is 6.11. The van der Waals surface area contributed by atoms with E-state index in [4.69, 9.17) is 0 Å². The van der Waals surface area contributed by atoms with E-state index in [1.807, 2.05) is 13.8 Å². The van der Waals surface area contributed by atoms with Crippen LogP contribution in [0.3, 0.4) is 0 Å². The van der Waals surface area contributed by atoms with Gasteiger partial charge in [-0.2, -0.15) is 0 Å². The molecule has 0 amide bonds. The standard InChI is InChI=1S/C14H13N3O2S/c1-10-3-5-12(6-4-10)20(18,19)17-8-7-13-14(17)15-9-11(2)16-13/h3-9H,1-2H3. The average molecular weight is 287 g/mol. The van der Waals surface area contributed by atoms with E-state index in [0.717, 1.165) is 11.3 Å². The Hall–Kier alpha value is -2.21. The Morgan fingerprint density at radius 1 is 1.05 bits per heavy atom. The van der Waals surface area contributed by atoms with E-state index >= 15 is 0 Å². The van der Waals surface area contributed by atoms with Gasteiger partial charge >= 0.3 is 0 Å². The van der Waals surface area contributed by atoms with Gasteiger partial charge < -0.3 is 0 Å². The van der Waals surface area contributed by atoms with Gasteiger partial charge in [0.15, 0.2) is 5.65 Å². The molecule has 0 aliphatic heterocycles. The average Bonchev–Trinajstić information content (AvgIpc) is 2.82. The molecule has 0 unspecified atom stereocenters. The summed E-state index contributed by atoms with van der Waals surface area (Å²) in [7, 11) is -3.64. The van der Waals surface area contributed by atoms with Gasteiger partial charge in [0.1, 0.15) is 5.52 Å². The second-order valence-electron chi connectivity index (χ2n) is 4.65. The van der Waals surface area contributed by atoms with Crippen LogP contribution in [0.2, 0.25) is 0 Å². The van der Waals surface area contributed by atoms with Crippen molar-refractivity contribution >= 4 is 21.2 Å². The minimum Gasteiger partial charge on any atom is -0.248 e. The lowest BCUT2D eigenvalue weighted by Gasteiger charge is -2.07. The molecule has 0 fully saturated rings. The minimum atomic E-state index is -3.64. The quantitative estimate of drug-likeness (QED) is 0.725. The summed E-state index contributed by atoms with van der Waals surface area (Å²) in [5.74, 6) is 0. The van der Waals surface area contributed by atoms with Crippen LogP contribution in [0.15, 0.2) is 47.6 Å². The fraction of sp³-hybridized carbons (Fsp3) is 0.143. The Labute approximate surface area is 117 Å². The van der Waals surface area contributed by atoms with Crippen molar-refractivity contribution in [2.24, 2.45) is 0 Å². The van der Waals surface area contributed by atoms with E-state index < -0.39 is 10.0 Å². The highest BCUT2D eigenvalue weighted by molar-refractivity contribution is 7.90. The predicted molar refractivity (Wildman–Crippen MR) is 76.0 cm³/mol. The van der Waals surface area contributed by atoms with Gasteiger partial charge in [-0.15, -0.1) is 0 Å². The van der Waals surface area contributed by atoms with Gasteiger partial charge in [0, 0.05) is 6.20 Å². The predicted octanol–water partition coefficient (Wildman–Crippen LogP) is 2.29. The zero-order valence-electron chi connectivity index (χ0n) is 11.1. The molecule has 0 aliphatic rings. The lowest BCUT2D eigenvalue weighted by molar-refractivity contribution is 0.588. The Kier molecular flexibility index (Phi) is 2.83. The molecule has 0 atom stereocenters. The first-order chi connectivity index (χ1) is 9.48. The summed E-state index contributed by atoms with van der Waals surface area (Å²) >= 11 is 0. The molecule has 1 aromatic carbocycles. The Morgan fingerprint density at radius 3 is 2.45 bits per heavy atom. The molecule has 0 aliphatic carbocycles. The first-order valence-corrected chi connectivity index (χ1v) is 7.55. The number of aryl methyl sites for hydroxylation is 2.